The first-order chi connectivity index (χ1) is 9.47. The van der Waals surface area contributed by atoms with Crippen LogP contribution in [0.3, 0.4) is 0 Å². The fourth-order valence-electron chi connectivity index (χ4n) is 1.78. The predicted octanol–water partition coefficient (Wildman–Crippen LogP) is 4.52. The van der Waals surface area contributed by atoms with Crippen LogP contribution in [0.1, 0.15) is 11.3 Å². The highest BCUT2D eigenvalue weighted by Crippen LogP contribution is 2.36. The predicted molar refractivity (Wildman–Crippen MR) is 75.6 cm³/mol. The Balaban J connectivity index is 2.06. The van der Waals surface area contributed by atoms with Gasteiger partial charge in [0.05, 0.1) is 5.56 Å². The Kier molecular flexibility index (Phi) is 4.65. The summed E-state index contributed by atoms with van der Waals surface area (Å²) in [6.07, 6.45) is -2.15. The van der Waals surface area contributed by atoms with Gasteiger partial charge >= 0.3 is 6.18 Å². The van der Waals surface area contributed by atoms with Crippen molar-refractivity contribution < 1.29 is 13.2 Å². The second-order valence-electron chi connectivity index (χ2n) is 4.19. The highest BCUT2D eigenvalue weighted by atomic mass is 79.9. The van der Waals surface area contributed by atoms with Gasteiger partial charge in [-0.1, -0.05) is 22.0 Å². The van der Waals surface area contributed by atoms with E-state index in [1.165, 1.54) is 6.07 Å². The average Bonchev–Trinajstić information content (AvgIpc) is 2.40. The minimum Gasteiger partial charge on any atom is -0.384 e. The normalized spacial score (nSPS) is 11.4. The topological polar surface area (TPSA) is 24.9 Å². The zero-order valence-electron chi connectivity index (χ0n) is 10.4. The first-order valence-corrected chi connectivity index (χ1v) is 6.76. The number of hydrogen-bond acceptors (Lipinski definition) is 2. The van der Waals surface area contributed by atoms with Crippen LogP contribution in [0, 0.1) is 0 Å². The summed E-state index contributed by atoms with van der Waals surface area (Å²) in [6.45, 7) is 0.391. The van der Waals surface area contributed by atoms with E-state index in [1.54, 1.807) is 18.3 Å². The van der Waals surface area contributed by atoms with Crippen LogP contribution in [0.25, 0.3) is 0 Å². The molecule has 0 aliphatic carbocycles. The number of benzene rings is 1. The monoisotopic (exact) mass is 344 g/mol. The molecule has 0 spiro atoms. The molecule has 0 radical (unpaired) electrons. The van der Waals surface area contributed by atoms with Crippen LogP contribution in [0.4, 0.5) is 18.9 Å². The molecule has 1 aromatic carbocycles. The maximum absolute atomic E-state index is 12.9. The van der Waals surface area contributed by atoms with E-state index < -0.39 is 11.7 Å². The smallest absolute Gasteiger partial charge is 0.384 e. The highest BCUT2D eigenvalue weighted by molar-refractivity contribution is 9.10. The fraction of sp³-hybridized carbons (Fsp3) is 0.214. The summed E-state index contributed by atoms with van der Waals surface area (Å²) in [5, 5.41) is 2.81. The quantitative estimate of drug-likeness (QED) is 0.882. The maximum Gasteiger partial charge on any atom is 0.418 e. The van der Waals surface area contributed by atoms with Crippen LogP contribution in [-0.4, -0.2) is 11.5 Å². The third-order valence-electron chi connectivity index (χ3n) is 2.71. The Labute approximate surface area is 123 Å². The van der Waals surface area contributed by atoms with Gasteiger partial charge in [-0.2, -0.15) is 13.2 Å². The lowest BCUT2D eigenvalue weighted by molar-refractivity contribution is -0.137. The summed E-state index contributed by atoms with van der Waals surface area (Å²) < 4.78 is 39.1. The molecule has 0 saturated heterocycles. The molecule has 0 saturated carbocycles. The van der Waals surface area contributed by atoms with Gasteiger partial charge in [0.1, 0.15) is 0 Å². The summed E-state index contributed by atoms with van der Waals surface area (Å²) in [4.78, 5) is 4.13. The van der Waals surface area contributed by atoms with E-state index in [2.05, 4.69) is 26.2 Å². The number of pyridine rings is 1. The first kappa shape index (κ1) is 14.8. The minimum atomic E-state index is -4.38. The van der Waals surface area contributed by atoms with Crippen molar-refractivity contribution in [3.63, 3.8) is 0 Å². The number of hydrogen-bond donors (Lipinski definition) is 1. The molecule has 1 heterocycles. The van der Waals surface area contributed by atoms with Crippen molar-refractivity contribution in [2.75, 3.05) is 11.9 Å². The Bertz CT molecular complexity index is 570. The van der Waals surface area contributed by atoms with Crippen molar-refractivity contribution in [3.8, 4) is 0 Å². The molecule has 2 rings (SSSR count). The van der Waals surface area contributed by atoms with Gasteiger partial charge in [0.25, 0.3) is 0 Å². The fourth-order valence-corrected chi connectivity index (χ4v) is 2.14. The molecule has 1 aromatic heterocycles. The van der Waals surface area contributed by atoms with E-state index in [-0.39, 0.29) is 5.69 Å². The number of anilines is 1. The third kappa shape index (κ3) is 3.96. The van der Waals surface area contributed by atoms with Crippen LogP contribution in [0.2, 0.25) is 0 Å². The van der Waals surface area contributed by atoms with E-state index in [9.17, 15) is 13.2 Å². The number of aromatic nitrogens is 1. The Morgan fingerprint density at radius 2 is 1.95 bits per heavy atom. The summed E-state index contributed by atoms with van der Waals surface area (Å²) in [5.74, 6) is 0. The van der Waals surface area contributed by atoms with Gasteiger partial charge in [-0.15, -0.1) is 0 Å². The average molecular weight is 345 g/mol. The van der Waals surface area contributed by atoms with E-state index in [4.69, 9.17) is 0 Å². The maximum atomic E-state index is 12.9. The van der Waals surface area contributed by atoms with Crippen LogP contribution >= 0.6 is 15.9 Å². The number of alkyl halides is 3. The first-order valence-electron chi connectivity index (χ1n) is 5.97. The molecule has 0 fully saturated rings. The molecule has 0 aliphatic heterocycles. The molecule has 6 heteroatoms. The van der Waals surface area contributed by atoms with Gasteiger partial charge in [-0.25, -0.2) is 0 Å². The van der Waals surface area contributed by atoms with E-state index in [0.29, 0.717) is 17.4 Å². The molecule has 106 valence electrons. The van der Waals surface area contributed by atoms with Gasteiger partial charge in [0, 0.05) is 35.0 Å². The zero-order valence-corrected chi connectivity index (χ0v) is 12.0. The van der Waals surface area contributed by atoms with Crippen molar-refractivity contribution in [1.29, 1.82) is 0 Å². The van der Waals surface area contributed by atoms with Crippen molar-refractivity contribution in [2.45, 2.75) is 12.6 Å². The van der Waals surface area contributed by atoms with Crippen LogP contribution < -0.4 is 5.32 Å². The second-order valence-corrected chi connectivity index (χ2v) is 5.10. The molecule has 2 nitrogen and oxygen atoms in total. The van der Waals surface area contributed by atoms with Crippen molar-refractivity contribution in [2.24, 2.45) is 0 Å². The minimum absolute atomic E-state index is 0.0802. The van der Waals surface area contributed by atoms with Crippen LogP contribution in [0.15, 0.2) is 47.1 Å². The molecular weight excluding hydrogens is 333 g/mol. The number of nitrogens with one attached hydrogen (secondary N) is 1. The number of rotatable bonds is 4. The number of nitrogens with zero attached hydrogens (tertiary/aromatic N) is 1. The molecule has 20 heavy (non-hydrogen) atoms. The van der Waals surface area contributed by atoms with Gasteiger partial charge < -0.3 is 5.32 Å². The zero-order chi connectivity index (χ0) is 14.6. The molecular formula is C14H12BrF3N2. The van der Waals surface area contributed by atoms with Crippen molar-refractivity contribution in [3.05, 3.63) is 58.3 Å². The highest BCUT2D eigenvalue weighted by Gasteiger charge is 2.33. The summed E-state index contributed by atoms with van der Waals surface area (Å²) in [7, 11) is 0. The standard InChI is InChI=1S/C14H12BrF3N2/c15-10-4-5-13(12(9-10)14(16,17)18)20-8-6-11-3-1-2-7-19-11/h1-5,7,9,20H,6,8H2. The number of halogens is 4. The molecule has 0 amide bonds. The summed E-state index contributed by atoms with van der Waals surface area (Å²) in [5.41, 5.74) is 0.246. The van der Waals surface area contributed by atoms with Crippen LogP contribution in [0.5, 0.6) is 0 Å². The molecule has 0 bridgehead atoms. The van der Waals surface area contributed by atoms with Crippen molar-refractivity contribution in [1.82, 2.24) is 4.98 Å². The second kappa shape index (κ2) is 6.26. The molecule has 0 atom stereocenters. The Hall–Kier alpha value is -1.56. The lowest BCUT2D eigenvalue weighted by atomic mass is 10.1. The van der Waals surface area contributed by atoms with Crippen molar-refractivity contribution >= 4 is 21.6 Å². The molecule has 2 aromatic rings. The van der Waals surface area contributed by atoms with E-state index >= 15 is 0 Å². The molecule has 1 N–H and O–H groups in total. The SMILES string of the molecule is FC(F)(F)c1cc(Br)ccc1NCCc1ccccn1. The Morgan fingerprint density at radius 1 is 1.15 bits per heavy atom. The van der Waals surface area contributed by atoms with Gasteiger partial charge in [-0.05, 0) is 30.3 Å². The summed E-state index contributed by atoms with van der Waals surface area (Å²) >= 11 is 3.06. The lowest BCUT2D eigenvalue weighted by Crippen LogP contribution is -2.13. The van der Waals surface area contributed by atoms with Crippen LogP contribution in [-0.2, 0) is 12.6 Å². The van der Waals surface area contributed by atoms with E-state index in [0.717, 1.165) is 11.8 Å². The lowest BCUT2D eigenvalue weighted by Gasteiger charge is -2.14. The largest absolute Gasteiger partial charge is 0.418 e. The Morgan fingerprint density at radius 3 is 2.60 bits per heavy atom. The third-order valence-corrected chi connectivity index (χ3v) is 3.20. The summed E-state index contributed by atoms with van der Waals surface area (Å²) in [6, 6.07) is 9.57. The molecule has 0 unspecified atom stereocenters. The van der Waals surface area contributed by atoms with Gasteiger partial charge in [-0.3, -0.25) is 4.98 Å². The van der Waals surface area contributed by atoms with Gasteiger partial charge in [0.2, 0.25) is 0 Å². The van der Waals surface area contributed by atoms with E-state index in [1.807, 2.05) is 12.1 Å². The van der Waals surface area contributed by atoms with Gasteiger partial charge in [0.15, 0.2) is 0 Å². The molecule has 0 aliphatic rings.